The molecular weight excluding hydrogens is 285 g/mol. The summed E-state index contributed by atoms with van der Waals surface area (Å²) < 4.78 is 0. The summed E-state index contributed by atoms with van der Waals surface area (Å²) in [5.41, 5.74) is 0.223. The van der Waals surface area contributed by atoms with Crippen molar-refractivity contribution in [3.05, 3.63) is 28.0 Å². The van der Waals surface area contributed by atoms with Crippen molar-refractivity contribution in [2.45, 2.75) is 13.3 Å². The van der Waals surface area contributed by atoms with Gasteiger partial charge < -0.3 is 9.80 Å². The number of hydrogen-bond donors (Lipinski definition) is 0. The lowest BCUT2D eigenvalue weighted by molar-refractivity contribution is 0.0753. The normalized spacial score (nSPS) is 10.8. The highest BCUT2D eigenvalue weighted by atomic mass is 35.5. The maximum absolute atomic E-state index is 12.3. The van der Waals surface area contributed by atoms with Crippen LogP contribution in [0.3, 0.4) is 0 Å². The van der Waals surface area contributed by atoms with E-state index in [0.717, 1.165) is 13.0 Å². The Labute approximate surface area is 124 Å². The first-order chi connectivity index (χ1) is 8.95. The molecule has 0 saturated carbocycles. The van der Waals surface area contributed by atoms with Crippen LogP contribution >= 0.6 is 23.2 Å². The van der Waals surface area contributed by atoms with Crippen molar-refractivity contribution in [3.8, 4) is 0 Å². The number of pyridine rings is 1. The second-order valence-electron chi connectivity index (χ2n) is 4.51. The first-order valence-corrected chi connectivity index (χ1v) is 6.97. The van der Waals surface area contributed by atoms with Crippen LogP contribution in [0.1, 0.15) is 23.8 Å². The predicted octanol–water partition coefficient (Wildman–Crippen LogP) is 2.80. The molecule has 6 heteroatoms. The zero-order valence-electron chi connectivity index (χ0n) is 11.5. The third-order valence-corrected chi connectivity index (χ3v) is 3.23. The first kappa shape index (κ1) is 16.2. The maximum atomic E-state index is 12.3. The molecule has 1 heterocycles. The van der Waals surface area contributed by atoms with E-state index in [2.05, 4.69) is 9.88 Å². The third-order valence-electron chi connectivity index (χ3n) is 2.72. The van der Waals surface area contributed by atoms with Crippen LogP contribution in [0.5, 0.6) is 0 Å². The smallest absolute Gasteiger partial charge is 0.274 e. The molecule has 0 atom stereocenters. The van der Waals surface area contributed by atoms with Gasteiger partial charge in [-0.3, -0.25) is 4.79 Å². The summed E-state index contributed by atoms with van der Waals surface area (Å²) in [6.45, 7) is 4.17. The van der Waals surface area contributed by atoms with Crippen molar-refractivity contribution in [3.63, 3.8) is 0 Å². The van der Waals surface area contributed by atoms with Crippen LogP contribution in [0.25, 0.3) is 0 Å². The highest BCUT2D eigenvalue weighted by Gasteiger charge is 2.18. The Morgan fingerprint density at radius 3 is 2.53 bits per heavy atom. The SMILES string of the molecule is CCN(CCCN(C)C)C(=O)c1nc(Cl)ccc1Cl. The number of halogens is 2. The summed E-state index contributed by atoms with van der Waals surface area (Å²) in [5, 5.41) is 0.609. The molecule has 0 saturated heterocycles. The lowest BCUT2D eigenvalue weighted by Crippen LogP contribution is -2.34. The fraction of sp³-hybridized carbons (Fsp3) is 0.538. The Morgan fingerprint density at radius 2 is 1.95 bits per heavy atom. The largest absolute Gasteiger partial charge is 0.337 e. The van der Waals surface area contributed by atoms with Gasteiger partial charge in [-0.25, -0.2) is 4.98 Å². The summed E-state index contributed by atoms with van der Waals surface area (Å²) in [4.78, 5) is 20.2. The van der Waals surface area contributed by atoms with E-state index in [1.54, 1.807) is 17.0 Å². The second kappa shape index (κ2) is 7.68. The zero-order valence-corrected chi connectivity index (χ0v) is 13.0. The van der Waals surface area contributed by atoms with Crippen molar-refractivity contribution in [2.75, 3.05) is 33.7 Å². The quantitative estimate of drug-likeness (QED) is 0.758. The van der Waals surface area contributed by atoms with Gasteiger partial charge in [-0.2, -0.15) is 0 Å². The van der Waals surface area contributed by atoms with E-state index in [0.29, 0.717) is 18.1 Å². The molecule has 0 N–H and O–H groups in total. The fourth-order valence-electron chi connectivity index (χ4n) is 1.70. The minimum atomic E-state index is -0.172. The molecule has 0 spiro atoms. The highest BCUT2D eigenvalue weighted by Crippen LogP contribution is 2.18. The number of amides is 1. The average molecular weight is 304 g/mol. The molecule has 0 fully saturated rings. The van der Waals surface area contributed by atoms with Gasteiger partial charge in [-0.1, -0.05) is 23.2 Å². The van der Waals surface area contributed by atoms with E-state index in [-0.39, 0.29) is 16.8 Å². The minimum absolute atomic E-state index is 0.172. The van der Waals surface area contributed by atoms with Gasteiger partial charge in [0.1, 0.15) is 10.8 Å². The predicted molar refractivity (Wildman–Crippen MR) is 79.0 cm³/mol. The van der Waals surface area contributed by atoms with Crippen LogP contribution in [0.4, 0.5) is 0 Å². The lowest BCUT2D eigenvalue weighted by atomic mass is 10.3. The molecule has 0 radical (unpaired) electrons. The second-order valence-corrected chi connectivity index (χ2v) is 5.30. The highest BCUT2D eigenvalue weighted by molar-refractivity contribution is 6.34. The van der Waals surface area contributed by atoms with Crippen molar-refractivity contribution >= 4 is 29.1 Å². The van der Waals surface area contributed by atoms with Crippen molar-refractivity contribution in [1.82, 2.24) is 14.8 Å². The number of hydrogen-bond acceptors (Lipinski definition) is 3. The van der Waals surface area contributed by atoms with E-state index in [4.69, 9.17) is 23.2 Å². The molecule has 0 unspecified atom stereocenters. The fourth-order valence-corrected chi connectivity index (χ4v) is 2.03. The van der Waals surface area contributed by atoms with Gasteiger partial charge in [-0.05, 0) is 46.1 Å². The molecule has 0 aromatic carbocycles. The number of carbonyl (C=O) groups excluding carboxylic acids is 1. The van der Waals surface area contributed by atoms with Crippen LogP contribution in [-0.2, 0) is 0 Å². The lowest BCUT2D eigenvalue weighted by Gasteiger charge is -2.21. The summed E-state index contributed by atoms with van der Waals surface area (Å²) in [7, 11) is 4.01. The summed E-state index contributed by atoms with van der Waals surface area (Å²) in [6, 6.07) is 3.17. The number of aromatic nitrogens is 1. The summed E-state index contributed by atoms with van der Waals surface area (Å²) in [5.74, 6) is -0.172. The topological polar surface area (TPSA) is 36.4 Å². The molecule has 19 heavy (non-hydrogen) atoms. The number of nitrogens with zero attached hydrogens (tertiary/aromatic N) is 3. The van der Waals surface area contributed by atoms with E-state index < -0.39 is 0 Å². The molecule has 0 bridgehead atoms. The zero-order chi connectivity index (χ0) is 14.4. The van der Waals surface area contributed by atoms with Crippen molar-refractivity contribution in [2.24, 2.45) is 0 Å². The van der Waals surface area contributed by atoms with E-state index in [9.17, 15) is 4.79 Å². The number of rotatable bonds is 6. The van der Waals surface area contributed by atoms with Crippen molar-refractivity contribution in [1.29, 1.82) is 0 Å². The van der Waals surface area contributed by atoms with Gasteiger partial charge in [0.2, 0.25) is 0 Å². The van der Waals surface area contributed by atoms with E-state index in [1.165, 1.54) is 0 Å². The Kier molecular flexibility index (Phi) is 6.55. The van der Waals surface area contributed by atoms with Crippen LogP contribution in [0.15, 0.2) is 12.1 Å². The van der Waals surface area contributed by atoms with Gasteiger partial charge in [-0.15, -0.1) is 0 Å². The Hall–Kier alpha value is -0.840. The van der Waals surface area contributed by atoms with Crippen molar-refractivity contribution < 1.29 is 4.79 Å². The van der Waals surface area contributed by atoms with E-state index >= 15 is 0 Å². The monoisotopic (exact) mass is 303 g/mol. The average Bonchev–Trinajstić information content (AvgIpc) is 2.36. The summed E-state index contributed by atoms with van der Waals surface area (Å²) in [6.07, 6.45) is 0.908. The van der Waals surface area contributed by atoms with Crippen LogP contribution in [-0.4, -0.2) is 54.4 Å². The molecule has 0 aliphatic carbocycles. The Balaban J connectivity index is 2.75. The van der Waals surface area contributed by atoms with Gasteiger partial charge in [0.05, 0.1) is 5.02 Å². The molecule has 0 aliphatic heterocycles. The molecule has 106 valence electrons. The molecule has 0 aliphatic rings. The van der Waals surface area contributed by atoms with Gasteiger partial charge in [0.25, 0.3) is 5.91 Å². The maximum Gasteiger partial charge on any atom is 0.274 e. The number of carbonyl (C=O) groups is 1. The first-order valence-electron chi connectivity index (χ1n) is 6.21. The standard InChI is InChI=1S/C13H19Cl2N3O/c1-4-18(9-5-8-17(2)3)13(19)12-10(14)6-7-11(15)16-12/h6-7H,4-5,8-9H2,1-3H3. The molecule has 1 rings (SSSR count). The Bertz CT molecular complexity index is 438. The minimum Gasteiger partial charge on any atom is -0.337 e. The third kappa shape index (κ3) is 4.97. The van der Waals surface area contributed by atoms with Gasteiger partial charge >= 0.3 is 0 Å². The summed E-state index contributed by atoms with van der Waals surface area (Å²) >= 11 is 11.8. The van der Waals surface area contributed by atoms with Crippen LogP contribution < -0.4 is 0 Å². The van der Waals surface area contributed by atoms with E-state index in [1.807, 2.05) is 21.0 Å². The Morgan fingerprint density at radius 1 is 1.26 bits per heavy atom. The van der Waals surface area contributed by atoms with Gasteiger partial charge in [0, 0.05) is 13.1 Å². The molecule has 1 aromatic rings. The van der Waals surface area contributed by atoms with Gasteiger partial charge in [0.15, 0.2) is 0 Å². The molecule has 4 nitrogen and oxygen atoms in total. The molecule has 1 amide bonds. The molecule has 1 aromatic heterocycles. The molecular formula is C13H19Cl2N3O. The van der Waals surface area contributed by atoms with Crippen LogP contribution in [0.2, 0.25) is 10.2 Å². The van der Waals surface area contributed by atoms with Crippen LogP contribution in [0, 0.1) is 0 Å².